The normalized spacial score (nSPS) is 9.67. The number of carboxylic acid groups (broad SMARTS) is 1. The van der Waals surface area contributed by atoms with Gasteiger partial charge in [-0.05, 0) is 25.5 Å². The van der Waals surface area contributed by atoms with Gasteiger partial charge in [0.1, 0.15) is 0 Å². The van der Waals surface area contributed by atoms with Crippen LogP contribution in [0.5, 0.6) is 0 Å². The number of hydrogen-bond acceptors (Lipinski definition) is 2. The fourth-order valence-electron chi connectivity index (χ4n) is 1.19. The van der Waals surface area contributed by atoms with Gasteiger partial charge in [0.05, 0.1) is 0 Å². The summed E-state index contributed by atoms with van der Waals surface area (Å²) in [4.78, 5) is 10.1. The third kappa shape index (κ3) is 4.90. The smallest absolute Gasteiger partial charge is 0.404 e. The maximum atomic E-state index is 10.1. The number of carbonyl (C=O) groups is 1. The van der Waals surface area contributed by atoms with Gasteiger partial charge in [-0.1, -0.05) is 17.7 Å². The van der Waals surface area contributed by atoms with E-state index < -0.39 is 6.09 Å². The molecule has 0 fully saturated rings. The predicted molar refractivity (Wildman–Crippen MR) is 60.3 cm³/mol. The van der Waals surface area contributed by atoms with Gasteiger partial charge in [0.2, 0.25) is 0 Å². The Morgan fingerprint density at radius 2 is 1.93 bits per heavy atom. The van der Waals surface area contributed by atoms with Crippen molar-refractivity contribution in [1.29, 1.82) is 0 Å². The lowest BCUT2D eigenvalue weighted by atomic mass is 10.2. The number of amides is 1. The molecule has 1 rings (SSSR count). The van der Waals surface area contributed by atoms with Crippen molar-refractivity contribution in [3.8, 4) is 0 Å². The van der Waals surface area contributed by atoms with Crippen molar-refractivity contribution in [2.75, 3.05) is 18.4 Å². The first-order chi connectivity index (χ1) is 7.18. The lowest BCUT2D eigenvalue weighted by Crippen LogP contribution is -2.23. The first-order valence-electron chi connectivity index (χ1n) is 4.96. The van der Waals surface area contributed by atoms with Crippen molar-refractivity contribution in [3.63, 3.8) is 0 Å². The molecule has 0 aliphatic rings. The van der Waals surface area contributed by atoms with Gasteiger partial charge in [-0.25, -0.2) is 4.79 Å². The fraction of sp³-hybridized carbons (Fsp3) is 0.364. The van der Waals surface area contributed by atoms with Crippen LogP contribution in [0.3, 0.4) is 0 Å². The van der Waals surface area contributed by atoms with Crippen LogP contribution in [0.1, 0.15) is 12.0 Å². The number of anilines is 1. The predicted octanol–water partition coefficient (Wildman–Crippen LogP) is 2.06. The molecule has 1 amide bonds. The van der Waals surface area contributed by atoms with Crippen LogP contribution in [0.15, 0.2) is 24.3 Å². The minimum absolute atomic E-state index is 0.480. The maximum Gasteiger partial charge on any atom is 0.404 e. The molecule has 0 heterocycles. The lowest BCUT2D eigenvalue weighted by molar-refractivity contribution is 0.194. The molecular weight excluding hydrogens is 192 g/mol. The molecule has 0 aliphatic carbocycles. The third-order valence-corrected chi connectivity index (χ3v) is 2.01. The monoisotopic (exact) mass is 208 g/mol. The molecule has 4 nitrogen and oxygen atoms in total. The van der Waals surface area contributed by atoms with Crippen LogP contribution < -0.4 is 10.6 Å². The summed E-state index contributed by atoms with van der Waals surface area (Å²) in [5.41, 5.74) is 2.30. The zero-order valence-corrected chi connectivity index (χ0v) is 8.79. The van der Waals surface area contributed by atoms with Crippen LogP contribution >= 0.6 is 0 Å². The van der Waals surface area contributed by atoms with Crippen molar-refractivity contribution in [3.05, 3.63) is 29.8 Å². The number of nitrogens with one attached hydrogen (secondary N) is 2. The minimum atomic E-state index is -0.967. The molecule has 0 atom stereocenters. The van der Waals surface area contributed by atoms with Crippen molar-refractivity contribution >= 4 is 11.8 Å². The van der Waals surface area contributed by atoms with E-state index in [1.54, 1.807) is 0 Å². The molecule has 3 N–H and O–H groups in total. The average molecular weight is 208 g/mol. The van der Waals surface area contributed by atoms with Gasteiger partial charge < -0.3 is 15.7 Å². The first-order valence-corrected chi connectivity index (χ1v) is 4.96. The van der Waals surface area contributed by atoms with Crippen LogP contribution in [0.2, 0.25) is 0 Å². The number of benzene rings is 1. The summed E-state index contributed by atoms with van der Waals surface area (Å²) in [6.07, 6.45) is -0.189. The second kappa shape index (κ2) is 5.90. The van der Waals surface area contributed by atoms with E-state index >= 15 is 0 Å². The Kier molecular flexibility index (Phi) is 4.47. The Balaban J connectivity index is 2.15. The molecule has 82 valence electrons. The summed E-state index contributed by atoms with van der Waals surface area (Å²) in [7, 11) is 0. The van der Waals surface area contributed by atoms with Gasteiger partial charge in [-0.15, -0.1) is 0 Å². The molecule has 0 bridgehead atoms. The molecule has 1 aromatic rings. The Morgan fingerprint density at radius 3 is 2.53 bits per heavy atom. The molecule has 1 aromatic carbocycles. The molecule has 15 heavy (non-hydrogen) atoms. The van der Waals surface area contributed by atoms with Gasteiger partial charge in [0, 0.05) is 18.8 Å². The summed E-state index contributed by atoms with van der Waals surface area (Å²) in [6, 6.07) is 8.11. The molecule has 0 saturated heterocycles. The van der Waals surface area contributed by atoms with Crippen molar-refractivity contribution < 1.29 is 9.90 Å². The summed E-state index contributed by atoms with van der Waals surface area (Å²) < 4.78 is 0. The quantitative estimate of drug-likeness (QED) is 0.649. The standard InChI is InChI=1S/C11H16N2O2/c1-9-3-5-10(6-4-9)12-7-2-8-13-11(14)15/h3-6,12-13H,2,7-8H2,1H3,(H,14,15). The Bertz CT molecular complexity index is 309. The van der Waals surface area contributed by atoms with Gasteiger partial charge in [-0.2, -0.15) is 0 Å². The van der Waals surface area contributed by atoms with Gasteiger partial charge in [-0.3, -0.25) is 0 Å². The molecule has 0 spiro atoms. The molecule has 4 heteroatoms. The van der Waals surface area contributed by atoms with E-state index in [4.69, 9.17) is 5.11 Å². The van der Waals surface area contributed by atoms with E-state index in [2.05, 4.69) is 10.6 Å². The van der Waals surface area contributed by atoms with E-state index in [0.29, 0.717) is 6.54 Å². The second-order valence-electron chi connectivity index (χ2n) is 3.38. The zero-order valence-electron chi connectivity index (χ0n) is 8.79. The lowest BCUT2D eigenvalue weighted by Gasteiger charge is -2.06. The highest BCUT2D eigenvalue weighted by Gasteiger charge is 1.93. The van der Waals surface area contributed by atoms with Gasteiger partial charge in [0.15, 0.2) is 0 Å². The maximum absolute atomic E-state index is 10.1. The average Bonchev–Trinajstić information content (AvgIpc) is 2.20. The summed E-state index contributed by atoms with van der Waals surface area (Å²) >= 11 is 0. The van der Waals surface area contributed by atoms with Crippen LogP contribution in [0.25, 0.3) is 0 Å². The van der Waals surface area contributed by atoms with Crippen molar-refractivity contribution in [1.82, 2.24) is 5.32 Å². The van der Waals surface area contributed by atoms with Crippen molar-refractivity contribution in [2.45, 2.75) is 13.3 Å². The zero-order chi connectivity index (χ0) is 11.1. The molecule has 0 aromatic heterocycles. The van der Waals surface area contributed by atoms with Crippen LogP contribution in [0, 0.1) is 6.92 Å². The topological polar surface area (TPSA) is 61.4 Å². The van der Waals surface area contributed by atoms with E-state index in [-0.39, 0.29) is 0 Å². The van der Waals surface area contributed by atoms with Crippen LogP contribution in [0.4, 0.5) is 10.5 Å². The largest absolute Gasteiger partial charge is 0.465 e. The van der Waals surface area contributed by atoms with E-state index in [9.17, 15) is 4.79 Å². The number of rotatable bonds is 5. The highest BCUT2D eigenvalue weighted by molar-refractivity contribution is 5.64. The molecule has 0 saturated carbocycles. The molecule has 0 radical (unpaired) electrons. The van der Waals surface area contributed by atoms with Crippen LogP contribution in [-0.2, 0) is 0 Å². The van der Waals surface area contributed by atoms with Crippen LogP contribution in [-0.4, -0.2) is 24.3 Å². The highest BCUT2D eigenvalue weighted by Crippen LogP contribution is 2.07. The second-order valence-corrected chi connectivity index (χ2v) is 3.38. The highest BCUT2D eigenvalue weighted by atomic mass is 16.4. The van der Waals surface area contributed by atoms with E-state index in [1.165, 1.54) is 5.56 Å². The third-order valence-electron chi connectivity index (χ3n) is 2.01. The Morgan fingerprint density at radius 1 is 1.27 bits per heavy atom. The fourth-order valence-corrected chi connectivity index (χ4v) is 1.19. The van der Waals surface area contributed by atoms with Gasteiger partial charge >= 0.3 is 6.09 Å². The van der Waals surface area contributed by atoms with E-state index in [1.807, 2.05) is 31.2 Å². The Hall–Kier alpha value is -1.71. The molecular formula is C11H16N2O2. The summed E-state index contributed by atoms with van der Waals surface area (Å²) in [5, 5.41) is 13.9. The summed E-state index contributed by atoms with van der Waals surface area (Å²) in [6.45, 7) is 3.29. The first kappa shape index (κ1) is 11.4. The molecule has 0 unspecified atom stereocenters. The minimum Gasteiger partial charge on any atom is -0.465 e. The summed E-state index contributed by atoms with van der Waals surface area (Å²) in [5.74, 6) is 0. The molecule has 0 aliphatic heterocycles. The van der Waals surface area contributed by atoms with Gasteiger partial charge in [0.25, 0.3) is 0 Å². The number of aryl methyl sites for hydroxylation is 1. The van der Waals surface area contributed by atoms with Crippen molar-refractivity contribution in [2.24, 2.45) is 0 Å². The number of hydrogen-bond donors (Lipinski definition) is 3. The Labute approximate surface area is 89.3 Å². The SMILES string of the molecule is Cc1ccc(NCCCNC(=O)O)cc1. The van der Waals surface area contributed by atoms with E-state index in [0.717, 1.165) is 18.7 Å².